The molecule has 2 aromatic heterocycles. The second-order valence-electron chi connectivity index (χ2n) is 14.5. The maximum Gasteiger partial charge on any atom is 0.425 e. The van der Waals surface area contributed by atoms with E-state index >= 15 is 0 Å². The Morgan fingerprint density at radius 2 is 1.73 bits per heavy atom. The van der Waals surface area contributed by atoms with Crippen molar-refractivity contribution in [3.8, 4) is 11.8 Å². The van der Waals surface area contributed by atoms with Crippen LogP contribution in [0.1, 0.15) is 90.3 Å². The summed E-state index contributed by atoms with van der Waals surface area (Å²) < 4.78 is 95.7. The fourth-order valence-electron chi connectivity index (χ4n) is 8.10. The summed E-state index contributed by atoms with van der Waals surface area (Å²) in [4.78, 5) is 45.7. The molecule has 4 heterocycles. The first-order chi connectivity index (χ1) is 26.5. The SMILES string of the molecule is CCC[C@H]1N(C(=O)c2ncccc2C(F)(F)F)CCC[C@@]1(Oc1csc(C(F)(F)F)c1)C(=O)N1CCC(C#N)(c2ccccc2COC2CC(C(=O)O)C2)CC1. The molecule has 1 N–H and O–H groups in total. The van der Waals surface area contributed by atoms with Crippen LogP contribution in [0, 0.1) is 17.2 Å². The fourth-order valence-corrected chi connectivity index (χ4v) is 8.78. The van der Waals surface area contributed by atoms with Crippen LogP contribution in [0.4, 0.5) is 26.3 Å². The van der Waals surface area contributed by atoms with Gasteiger partial charge in [0.05, 0.1) is 41.7 Å². The Kier molecular flexibility index (Phi) is 11.7. The number of nitrogens with zero attached hydrogens (tertiary/aromatic N) is 4. The van der Waals surface area contributed by atoms with Gasteiger partial charge in [-0.05, 0) is 61.8 Å². The van der Waals surface area contributed by atoms with Crippen molar-refractivity contribution in [1.82, 2.24) is 14.8 Å². The van der Waals surface area contributed by atoms with E-state index in [9.17, 15) is 51.1 Å². The highest BCUT2D eigenvalue weighted by molar-refractivity contribution is 7.10. The molecular formula is C39H40F6N4O6S. The Labute approximate surface area is 323 Å². The number of carbonyl (C=O) groups excluding carboxylic acids is 2. The molecule has 2 saturated heterocycles. The quantitative estimate of drug-likeness (QED) is 0.194. The number of rotatable bonds is 11. The highest BCUT2D eigenvalue weighted by Gasteiger charge is 2.57. The molecule has 17 heteroatoms. The number of likely N-dealkylation sites (tertiary alicyclic amines) is 2. The zero-order valence-electron chi connectivity index (χ0n) is 30.4. The summed E-state index contributed by atoms with van der Waals surface area (Å²) >= 11 is 0.365. The molecule has 1 saturated carbocycles. The number of carboxylic acids is 1. The number of hydrogen-bond donors (Lipinski definition) is 1. The van der Waals surface area contributed by atoms with Gasteiger partial charge in [-0.2, -0.15) is 31.6 Å². The van der Waals surface area contributed by atoms with Crippen molar-refractivity contribution in [1.29, 1.82) is 5.26 Å². The summed E-state index contributed by atoms with van der Waals surface area (Å²) in [5, 5.41) is 21.0. The van der Waals surface area contributed by atoms with E-state index in [4.69, 9.17) is 9.47 Å². The number of aliphatic carboxylic acids is 1. The highest BCUT2D eigenvalue weighted by Crippen LogP contribution is 2.44. The number of amides is 2. The number of alkyl halides is 6. The van der Waals surface area contributed by atoms with Crippen molar-refractivity contribution < 1.29 is 55.3 Å². The van der Waals surface area contributed by atoms with Crippen LogP contribution in [0.5, 0.6) is 5.75 Å². The standard InChI is InChI=1S/C39H40F6N4O6S/c1-2-7-30-37(55-27-20-31(56-22-27)39(43,44)45,11-6-15-49(30)33(50)32-29(38(40,41)42)10-5-14-47-32)35(53)48-16-12-36(23-46,13-17-48)28-9-4-3-8-24(28)21-54-26-18-25(19-26)34(51)52/h3-5,8-10,14,20,22,25-26,30H,2,6-7,11-13,15-19,21H2,1H3,(H,51,52)/t25?,26?,30-,37+/m1/s1. The average molecular weight is 807 g/mol. The van der Waals surface area contributed by atoms with Gasteiger partial charge in [0.25, 0.3) is 11.8 Å². The van der Waals surface area contributed by atoms with Gasteiger partial charge in [-0.3, -0.25) is 19.4 Å². The van der Waals surface area contributed by atoms with Crippen LogP contribution in [-0.2, 0) is 38.7 Å². The lowest BCUT2D eigenvalue weighted by Gasteiger charge is -2.51. The monoisotopic (exact) mass is 806 g/mol. The molecule has 0 unspecified atom stereocenters. The molecule has 56 heavy (non-hydrogen) atoms. The van der Waals surface area contributed by atoms with E-state index in [1.807, 2.05) is 12.1 Å². The lowest BCUT2D eigenvalue weighted by atomic mass is 9.71. The van der Waals surface area contributed by atoms with E-state index in [2.05, 4.69) is 11.1 Å². The van der Waals surface area contributed by atoms with Crippen LogP contribution in [0.15, 0.2) is 54.0 Å². The Hall–Kier alpha value is -4.69. The van der Waals surface area contributed by atoms with Crippen molar-refractivity contribution in [3.05, 3.63) is 81.3 Å². The topological polar surface area (TPSA) is 133 Å². The molecule has 300 valence electrons. The molecule has 1 aromatic carbocycles. The van der Waals surface area contributed by atoms with Gasteiger partial charge in [0.1, 0.15) is 16.3 Å². The molecule has 3 fully saturated rings. The first kappa shape index (κ1) is 41.0. The Balaban J connectivity index is 1.31. The maximum absolute atomic E-state index is 15.0. The normalized spacial score (nSPS) is 23.9. The molecule has 1 aliphatic carbocycles. The first-order valence-corrected chi connectivity index (χ1v) is 19.2. The summed E-state index contributed by atoms with van der Waals surface area (Å²) in [6.07, 6.45) is -7.26. The summed E-state index contributed by atoms with van der Waals surface area (Å²) in [6, 6.07) is 11.0. The number of carboxylic acid groups (broad SMARTS) is 1. The van der Waals surface area contributed by atoms with E-state index in [0.29, 0.717) is 36.2 Å². The number of halogens is 6. The zero-order valence-corrected chi connectivity index (χ0v) is 31.2. The molecule has 6 rings (SSSR count). The predicted octanol–water partition coefficient (Wildman–Crippen LogP) is 7.87. The van der Waals surface area contributed by atoms with Crippen LogP contribution in [0.25, 0.3) is 0 Å². The molecule has 3 aromatic rings. The number of piperidine rings is 2. The second kappa shape index (κ2) is 16.0. The largest absolute Gasteiger partial charge is 0.481 e. The van der Waals surface area contributed by atoms with Gasteiger partial charge in [-0.25, -0.2) is 0 Å². The molecule has 2 amide bonds. The summed E-state index contributed by atoms with van der Waals surface area (Å²) in [5.74, 6) is -3.33. The van der Waals surface area contributed by atoms with Crippen molar-refractivity contribution in [3.63, 3.8) is 0 Å². The third kappa shape index (κ3) is 8.08. The van der Waals surface area contributed by atoms with Gasteiger partial charge in [-0.1, -0.05) is 37.6 Å². The molecule has 0 bridgehead atoms. The lowest BCUT2D eigenvalue weighted by molar-refractivity contribution is -0.160. The number of aromatic nitrogens is 1. The summed E-state index contributed by atoms with van der Waals surface area (Å²) in [7, 11) is 0. The number of benzene rings is 1. The maximum atomic E-state index is 15.0. The van der Waals surface area contributed by atoms with E-state index in [0.717, 1.165) is 40.2 Å². The lowest BCUT2D eigenvalue weighted by Crippen LogP contribution is -2.68. The van der Waals surface area contributed by atoms with Gasteiger partial charge in [0, 0.05) is 43.7 Å². The number of ether oxygens (including phenoxy) is 2. The van der Waals surface area contributed by atoms with Crippen molar-refractivity contribution in [2.45, 2.75) is 100 Å². The fraction of sp³-hybridized carbons (Fsp3) is 0.513. The van der Waals surface area contributed by atoms with E-state index < -0.39 is 69.2 Å². The minimum atomic E-state index is -4.92. The van der Waals surface area contributed by atoms with E-state index in [1.54, 1.807) is 19.1 Å². The molecular weight excluding hydrogens is 767 g/mol. The smallest absolute Gasteiger partial charge is 0.425 e. The van der Waals surface area contributed by atoms with Crippen LogP contribution in [0.2, 0.25) is 0 Å². The Morgan fingerprint density at radius 1 is 1.02 bits per heavy atom. The Morgan fingerprint density at radius 3 is 2.36 bits per heavy atom. The molecule has 3 aliphatic rings. The second-order valence-corrected chi connectivity index (χ2v) is 15.4. The third-order valence-corrected chi connectivity index (χ3v) is 12.0. The van der Waals surface area contributed by atoms with Crippen LogP contribution >= 0.6 is 11.3 Å². The van der Waals surface area contributed by atoms with E-state index in [-0.39, 0.29) is 70.2 Å². The first-order valence-electron chi connectivity index (χ1n) is 18.3. The number of hydrogen-bond acceptors (Lipinski definition) is 8. The van der Waals surface area contributed by atoms with Crippen LogP contribution in [-0.4, -0.2) is 75.1 Å². The van der Waals surface area contributed by atoms with Crippen molar-refractivity contribution in [2.75, 3.05) is 19.6 Å². The van der Waals surface area contributed by atoms with Gasteiger partial charge in [0.15, 0.2) is 0 Å². The van der Waals surface area contributed by atoms with Gasteiger partial charge >= 0.3 is 18.3 Å². The van der Waals surface area contributed by atoms with Crippen LogP contribution in [0.3, 0.4) is 0 Å². The average Bonchev–Trinajstić information content (AvgIpc) is 3.63. The number of pyridine rings is 1. The van der Waals surface area contributed by atoms with Gasteiger partial charge in [0.2, 0.25) is 5.60 Å². The number of carbonyl (C=O) groups is 3. The van der Waals surface area contributed by atoms with Crippen molar-refractivity contribution >= 4 is 29.1 Å². The van der Waals surface area contributed by atoms with Crippen molar-refractivity contribution in [2.24, 2.45) is 5.92 Å². The van der Waals surface area contributed by atoms with Crippen LogP contribution < -0.4 is 4.74 Å². The molecule has 0 radical (unpaired) electrons. The number of thiophene rings is 1. The minimum absolute atomic E-state index is 0.0261. The zero-order chi connectivity index (χ0) is 40.5. The highest BCUT2D eigenvalue weighted by atomic mass is 32.1. The Bertz CT molecular complexity index is 1970. The molecule has 2 aliphatic heterocycles. The predicted molar refractivity (Wildman–Crippen MR) is 189 cm³/mol. The summed E-state index contributed by atoms with van der Waals surface area (Å²) in [6.45, 7) is 1.89. The molecule has 10 nitrogen and oxygen atoms in total. The van der Waals surface area contributed by atoms with Gasteiger partial charge in [-0.15, -0.1) is 11.3 Å². The van der Waals surface area contributed by atoms with Gasteiger partial charge < -0.3 is 24.4 Å². The third-order valence-electron chi connectivity index (χ3n) is 11.1. The number of nitriles is 1. The minimum Gasteiger partial charge on any atom is -0.481 e. The molecule has 2 atom stereocenters. The van der Waals surface area contributed by atoms with E-state index in [1.165, 1.54) is 4.90 Å². The summed E-state index contributed by atoms with van der Waals surface area (Å²) in [5.41, 5.74) is -3.74. The molecule has 0 spiro atoms.